The Labute approximate surface area is 165 Å². The summed E-state index contributed by atoms with van der Waals surface area (Å²) in [6.07, 6.45) is 0.430. The van der Waals surface area contributed by atoms with Gasteiger partial charge < -0.3 is 9.47 Å². The lowest BCUT2D eigenvalue weighted by atomic mass is 10.1. The number of halogens is 2. The number of amides is 1. The second kappa shape index (κ2) is 7.27. The van der Waals surface area contributed by atoms with Crippen molar-refractivity contribution in [2.24, 2.45) is 0 Å². The first-order valence-corrected chi connectivity index (χ1v) is 9.61. The van der Waals surface area contributed by atoms with Crippen molar-refractivity contribution in [2.75, 3.05) is 6.54 Å². The lowest BCUT2D eigenvalue weighted by Gasteiger charge is -2.17. The highest BCUT2D eigenvalue weighted by molar-refractivity contribution is 9.11. The van der Waals surface area contributed by atoms with Gasteiger partial charge in [0.25, 0.3) is 0 Å². The second-order valence-corrected chi connectivity index (χ2v) is 7.99. The van der Waals surface area contributed by atoms with E-state index in [-0.39, 0.29) is 17.6 Å². The normalized spacial score (nSPS) is 17.0. The van der Waals surface area contributed by atoms with E-state index < -0.39 is 0 Å². The van der Waals surface area contributed by atoms with Gasteiger partial charge >= 0.3 is 0 Å². The predicted octanol–water partition coefficient (Wildman–Crippen LogP) is 4.60. The number of nitrogens with zero attached hydrogens (tertiary/aromatic N) is 3. The third kappa shape index (κ3) is 3.67. The zero-order chi connectivity index (χ0) is 19.0. The van der Waals surface area contributed by atoms with Crippen molar-refractivity contribution in [1.82, 2.24) is 14.5 Å². The molecule has 27 heavy (non-hydrogen) atoms. The monoisotopic (exact) mass is 427 g/mol. The number of allylic oxidation sites excluding steroid dienone is 1. The fourth-order valence-corrected chi connectivity index (χ4v) is 3.90. The summed E-state index contributed by atoms with van der Waals surface area (Å²) in [6, 6.07) is 14.3. The van der Waals surface area contributed by atoms with Crippen LogP contribution in [0.4, 0.5) is 4.39 Å². The molecule has 1 aliphatic heterocycles. The third-order valence-corrected chi connectivity index (χ3v) is 5.13. The molecule has 0 N–H and O–H groups in total. The van der Waals surface area contributed by atoms with Gasteiger partial charge in [-0.3, -0.25) is 4.79 Å². The number of fused-ring (bicyclic) bond motifs is 1. The number of hydrogen-bond donors (Lipinski definition) is 0. The zero-order valence-corrected chi connectivity index (χ0v) is 16.3. The molecule has 0 radical (unpaired) electrons. The molecular formula is C21H19BrFN3O. The van der Waals surface area contributed by atoms with Crippen LogP contribution in [-0.4, -0.2) is 26.9 Å². The summed E-state index contributed by atoms with van der Waals surface area (Å²) in [4.78, 5) is 19.2. The quantitative estimate of drug-likeness (QED) is 0.596. The van der Waals surface area contributed by atoms with Gasteiger partial charge in [0.1, 0.15) is 11.6 Å². The van der Waals surface area contributed by atoms with Crippen molar-refractivity contribution >= 4 is 32.9 Å². The molecule has 0 spiro atoms. The highest BCUT2D eigenvalue weighted by atomic mass is 79.9. The summed E-state index contributed by atoms with van der Waals surface area (Å²) in [5.41, 5.74) is 2.89. The number of hydrogen-bond acceptors (Lipinski definition) is 2. The number of likely N-dealkylation sites (tertiary alicyclic amines) is 1. The van der Waals surface area contributed by atoms with Crippen LogP contribution in [0.3, 0.4) is 0 Å². The standard InChI is InChI=1S/C21H19BrFN3O/c1-14(22)11-26-19-5-3-2-4-18(19)24-21(26)16-10-20(27)25(13-16)12-15-6-8-17(23)9-7-15/h2-9,16H,1,10-13H2/t16-/m1/s1. The molecule has 1 atom stereocenters. The van der Waals surface area contributed by atoms with Crippen LogP contribution in [0.15, 0.2) is 59.6 Å². The minimum absolute atomic E-state index is 0.0252. The lowest BCUT2D eigenvalue weighted by Crippen LogP contribution is -2.24. The fraction of sp³-hybridized carbons (Fsp3) is 0.238. The smallest absolute Gasteiger partial charge is 0.223 e. The van der Waals surface area contributed by atoms with E-state index in [1.54, 1.807) is 12.1 Å². The maximum absolute atomic E-state index is 13.1. The van der Waals surface area contributed by atoms with Gasteiger partial charge in [0.05, 0.1) is 17.6 Å². The van der Waals surface area contributed by atoms with Crippen molar-refractivity contribution in [1.29, 1.82) is 0 Å². The highest BCUT2D eigenvalue weighted by Gasteiger charge is 2.34. The number of carbonyl (C=O) groups excluding carboxylic acids is 1. The van der Waals surface area contributed by atoms with E-state index in [1.807, 2.05) is 29.2 Å². The molecule has 4 rings (SSSR count). The van der Waals surface area contributed by atoms with E-state index in [2.05, 4.69) is 27.1 Å². The Morgan fingerprint density at radius 1 is 1.22 bits per heavy atom. The molecular weight excluding hydrogens is 409 g/mol. The van der Waals surface area contributed by atoms with Crippen LogP contribution >= 0.6 is 15.9 Å². The van der Waals surface area contributed by atoms with E-state index in [4.69, 9.17) is 4.98 Å². The summed E-state index contributed by atoms with van der Waals surface area (Å²) in [5.74, 6) is 0.762. The van der Waals surface area contributed by atoms with Gasteiger partial charge in [-0.05, 0) is 29.8 Å². The number of benzene rings is 2. The maximum Gasteiger partial charge on any atom is 0.223 e. The van der Waals surface area contributed by atoms with E-state index in [9.17, 15) is 9.18 Å². The van der Waals surface area contributed by atoms with Crippen molar-refractivity contribution in [2.45, 2.75) is 25.4 Å². The molecule has 3 aromatic rings. The van der Waals surface area contributed by atoms with Crippen molar-refractivity contribution in [3.63, 3.8) is 0 Å². The summed E-state index contributed by atoms with van der Waals surface area (Å²) in [7, 11) is 0. The molecule has 2 heterocycles. The molecule has 0 aliphatic carbocycles. The number of para-hydroxylation sites is 2. The molecule has 0 bridgehead atoms. The van der Waals surface area contributed by atoms with E-state index in [0.29, 0.717) is 26.1 Å². The molecule has 2 aromatic carbocycles. The minimum atomic E-state index is -0.270. The molecule has 0 unspecified atom stereocenters. The second-order valence-electron chi connectivity index (χ2n) is 6.86. The first-order chi connectivity index (χ1) is 13.0. The molecule has 1 aliphatic rings. The van der Waals surface area contributed by atoms with Gasteiger partial charge in [0.2, 0.25) is 5.91 Å². The number of rotatable bonds is 5. The molecule has 138 valence electrons. The topological polar surface area (TPSA) is 38.1 Å². The molecule has 1 saturated heterocycles. The van der Waals surface area contributed by atoms with Crippen LogP contribution in [0, 0.1) is 5.82 Å². The van der Waals surface area contributed by atoms with Gasteiger partial charge in [-0.1, -0.05) is 46.8 Å². The summed E-state index contributed by atoms with van der Waals surface area (Å²) >= 11 is 3.45. The summed E-state index contributed by atoms with van der Waals surface area (Å²) < 4.78 is 16.1. The highest BCUT2D eigenvalue weighted by Crippen LogP contribution is 2.32. The Kier molecular flexibility index (Phi) is 4.83. The Balaban J connectivity index is 1.61. The Morgan fingerprint density at radius 3 is 2.70 bits per heavy atom. The van der Waals surface area contributed by atoms with Gasteiger partial charge in [-0.25, -0.2) is 9.37 Å². The van der Waals surface area contributed by atoms with E-state index >= 15 is 0 Å². The lowest BCUT2D eigenvalue weighted by molar-refractivity contribution is -0.128. The first kappa shape index (κ1) is 17.9. The fourth-order valence-electron chi connectivity index (χ4n) is 3.65. The Morgan fingerprint density at radius 2 is 1.96 bits per heavy atom. The third-order valence-electron chi connectivity index (χ3n) is 4.88. The van der Waals surface area contributed by atoms with E-state index in [1.165, 1.54) is 12.1 Å². The number of carbonyl (C=O) groups is 1. The van der Waals surface area contributed by atoms with Gasteiger partial charge in [-0.2, -0.15) is 0 Å². The zero-order valence-electron chi connectivity index (χ0n) is 14.7. The predicted molar refractivity (Wildman–Crippen MR) is 107 cm³/mol. The SMILES string of the molecule is C=C(Br)Cn1c([C@@H]2CC(=O)N(Cc3ccc(F)cc3)C2)nc2ccccc21. The van der Waals surface area contributed by atoms with Gasteiger partial charge in [0.15, 0.2) is 0 Å². The van der Waals surface area contributed by atoms with Crippen LogP contribution in [0.2, 0.25) is 0 Å². The molecule has 1 amide bonds. The first-order valence-electron chi connectivity index (χ1n) is 8.82. The Bertz CT molecular complexity index is 1010. The average Bonchev–Trinajstić information content (AvgIpc) is 3.18. The number of imidazole rings is 1. The molecule has 6 heteroatoms. The van der Waals surface area contributed by atoms with Crippen LogP contribution in [0.25, 0.3) is 11.0 Å². The Hall–Kier alpha value is -2.47. The van der Waals surface area contributed by atoms with Crippen LogP contribution in [0.1, 0.15) is 23.7 Å². The largest absolute Gasteiger partial charge is 0.338 e. The van der Waals surface area contributed by atoms with Crippen molar-refractivity contribution < 1.29 is 9.18 Å². The van der Waals surface area contributed by atoms with Crippen LogP contribution in [-0.2, 0) is 17.9 Å². The maximum atomic E-state index is 13.1. The number of aromatic nitrogens is 2. The molecule has 1 aromatic heterocycles. The summed E-state index contributed by atoms with van der Waals surface area (Å²) in [5, 5.41) is 0. The van der Waals surface area contributed by atoms with Crippen molar-refractivity contribution in [3.05, 3.63) is 76.8 Å². The van der Waals surface area contributed by atoms with Crippen LogP contribution < -0.4 is 0 Å². The molecule has 4 nitrogen and oxygen atoms in total. The minimum Gasteiger partial charge on any atom is -0.338 e. The molecule has 1 fully saturated rings. The molecule has 0 saturated carbocycles. The van der Waals surface area contributed by atoms with Crippen LogP contribution in [0.5, 0.6) is 0 Å². The summed E-state index contributed by atoms with van der Waals surface area (Å²) in [6.45, 7) is 5.66. The average molecular weight is 428 g/mol. The van der Waals surface area contributed by atoms with E-state index in [0.717, 1.165) is 26.9 Å². The van der Waals surface area contributed by atoms with Gasteiger partial charge in [0, 0.05) is 29.9 Å². The van der Waals surface area contributed by atoms with Crippen molar-refractivity contribution in [3.8, 4) is 0 Å². The van der Waals surface area contributed by atoms with Gasteiger partial charge in [-0.15, -0.1) is 0 Å².